The lowest BCUT2D eigenvalue weighted by molar-refractivity contribution is -0.135. The molecule has 1 heterocycles. The molecule has 0 saturated carbocycles. The predicted octanol–water partition coefficient (Wildman–Crippen LogP) is 0.262. The quantitative estimate of drug-likeness (QED) is 0.533. The molecular formula is C8H17NO2. The first kappa shape index (κ1) is 8.97. The molecule has 0 aromatic rings. The molecule has 2 unspecified atom stereocenters. The van der Waals surface area contributed by atoms with Crippen LogP contribution in [0, 0.1) is 0 Å². The molecule has 0 amide bonds. The molecule has 0 aromatic carbocycles. The van der Waals surface area contributed by atoms with Gasteiger partial charge in [-0.2, -0.15) is 0 Å². The van der Waals surface area contributed by atoms with Gasteiger partial charge >= 0.3 is 0 Å². The average Bonchev–Trinajstić information content (AvgIpc) is 1.81. The number of hydrogen-bond acceptors (Lipinski definition) is 3. The molecule has 3 heteroatoms. The van der Waals surface area contributed by atoms with Crippen LogP contribution in [0.25, 0.3) is 0 Å². The van der Waals surface area contributed by atoms with Gasteiger partial charge in [-0.15, -0.1) is 0 Å². The van der Waals surface area contributed by atoms with Crippen LogP contribution in [0.15, 0.2) is 0 Å². The molecule has 0 aliphatic carbocycles. The maximum absolute atomic E-state index is 9.57. The summed E-state index contributed by atoms with van der Waals surface area (Å²) in [5, 5.41) is 9.57. The van der Waals surface area contributed by atoms with Crippen molar-refractivity contribution in [3.63, 3.8) is 0 Å². The molecule has 0 bridgehead atoms. The van der Waals surface area contributed by atoms with Crippen LogP contribution in [0.3, 0.4) is 0 Å². The van der Waals surface area contributed by atoms with Crippen molar-refractivity contribution in [1.82, 2.24) is 0 Å². The van der Waals surface area contributed by atoms with Crippen LogP contribution in [0.1, 0.15) is 27.2 Å². The van der Waals surface area contributed by atoms with Gasteiger partial charge in [0.2, 0.25) is 0 Å². The summed E-state index contributed by atoms with van der Waals surface area (Å²) in [5.74, 6) is 0. The minimum atomic E-state index is -0.543. The molecule has 0 radical (unpaired) electrons. The van der Waals surface area contributed by atoms with Crippen LogP contribution in [0.5, 0.6) is 0 Å². The fraction of sp³-hybridized carbons (Fsp3) is 1.00. The zero-order valence-corrected chi connectivity index (χ0v) is 7.37. The van der Waals surface area contributed by atoms with E-state index in [0.717, 1.165) is 6.42 Å². The SMILES string of the molecule is CC1O[C@@H](C)CC(C)(N)[C@H]1O. The van der Waals surface area contributed by atoms with Crippen molar-refractivity contribution in [2.75, 3.05) is 0 Å². The lowest BCUT2D eigenvalue weighted by Crippen LogP contribution is -2.59. The molecule has 0 spiro atoms. The number of aliphatic hydroxyl groups is 1. The highest BCUT2D eigenvalue weighted by atomic mass is 16.5. The summed E-state index contributed by atoms with van der Waals surface area (Å²) in [5.41, 5.74) is 5.38. The Morgan fingerprint density at radius 2 is 2.09 bits per heavy atom. The Hall–Kier alpha value is -0.120. The maximum atomic E-state index is 9.57. The zero-order valence-electron chi connectivity index (χ0n) is 7.37. The second kappa shape index (κ2) is 2.73. The maximum Gasteiger partial charge on any atom is 0.0976 e. The molecule has 1 rings (SSSR count). The van der Waals surface area contributed by atoms with Crippen molar-refractivity contribution in [2.24, 2.45) is 5.73 Å². The van der Waals surface area contributed by atoms with Gasteiger partial charge in [-0.1, -0.05) is 0 Å². The first-order valence-electron chi connectivity index (χ1n) is 4.06. The summed E-state index contributed by atoms with van der Waals surface area (Å²) < 4.78 is 5.40. The summed E-state index contributed by atoms with van der Waals surface area (Å²) in [6.45, 7) is 5.70. The van der Waals surface area contributed by atoms with Gasteiger partial charge in [0.25, 0.3) is 0 Å². The molecule has 3 nitrogen and oxygen atoms in total. The van der Waals surface area contributed by atoms with Gasteiger partial charge in [0, 0.05) is 5.54 Å². The van der Waals surface area contributed by atoms with Crippen molar-refractivity contribution in [2.45, 2.75) is 51.0 Å². The molecule has 11 heavy (non-hydrogen) atoms. The topological polar surface area (TPSA) is 55.5 Å². The smallest absolute Gasteiger partial charge is 0.0976 e. The third-order valence-electron chi connectivity index (χ3n) is 2.29. The number of aliphatic hydroxyl groups excluding tert-OH is 1. The Kier molecular flexibility index (Phi) is 2.23. The highest BCUT2D eigenvalue weighted by molar-refractivity contribution is 4.95. The fourth-order valence-corrected chi connectivity index (χ4v) is 1.77. The van der Waals surface area contributed by atoms with Gasteiger partial charge in [0.1, 0.15) is 0 Å². The average molecular weight is 159 g/mol. The van der Waals surface area contributed by atoms with E-state index in [1.807, 2.05) is 20.8 Å². The van der Waals surface area contributed by atoms with Crippen molar-refractivity contribution in [3.8, 4) is 0 Å². The highest BCUT2D eigenvalue weighted by Crippen LogP contribution is 2.26. The largest absolute Gasteiger partial charge is 0.389 e. The standard InChI is InChI=1S/C8H17NO2/c1-5-4-8(3,9)7(10)6(2)11-5/h5-7,10H,4,9H2,1-3H3/t5-,6?,7-,8?/m0/s1. The lowest BCUT2D eigenvalue weighted by atomic mass is 9.84. The molecule has 1 fully saturated rings. The van der Waals surface area contributed by atoms with E-state index in [1.165, 1.54) is 0 Å². The van der Waals surface area contributed by atoms with Crippen molar-refractivity contribution in [3.05, 3.63) is 0 Å². The Labute approximate surface area is 67.5 Å². The highest BCUT2D eigenvalue weighted by Gasteiger charge is 2.39. The van der Waals surface area contributed by atoms with Crippen molar-refractivity contribution in [1.29, 1.82) is 0 Å². The van der Waals surface area contributed by atoms with Crippen LogP contribution in [-0.4, -0.2) is 29.0 Å². The normalized spacial score (nSPS) is 52.6. The van der Waals surface area contributed by atoms with Gasteiger partial charge < -0.3 is 15.6 Å². The molecule has 1 aliphatic heterocycles. The molecule has 1 saturated heterocycles. The van der Waals surface area contributed by atoms with E-state index in [0.29, 0.717) is 0 Å². The summed E-state index contributed by atoms with van der Waals surface area (Å²) in [6.07, 6.45) is 0.189. The van der Waals surface area contributed by atoms with E-state index in [9.17, 15) is 5.11 Å². The second-order valence-corrected chi connectivity index (χ2v) is 3.81. The van der Waals surface area contributed by atoms with Crippen LogP contribution in [-0.2, 0) is 4.74 Å². The molecule has 4 atom stereocenters. The van der Waals surface area contributed by atoms with Gasteiger partial charge in [-0.05, 0) is 27.2 Å². The predicted molar refractivity (Wildman–Crippen MR) is 43.2 cm³/mol. The van der Waals surface area contributed by atoms with Gasteiger partial charge in [-0.25, -0.2) is 0 Å². The van der Waals surface area contributed by atoms with E-state index in [2.05, 4.69) is 0 Å². The minimum Gasteiger partial charge on any atom is -0.389 e. The Balaban J connectivity index is 2.67. The van der Waals surface area contributed by atoms with E-state index >= 15 is 0 Å². The number of nitrogens with two attached hydrogens (primary N) is 1. The van der Waals surface area contributed by atoms with Gasteiger partial charge in [0.15, 0.2) is 0 Å². The van der Waals surface area contributed by atoms with Crippen LogP contribution in [0.2, 0.25) is 0 Å². The van der Waals surface area contributed by atoms with Crippen LogP contribution < -0.4 is 5.73 Å². The Morgan fingerprint density at radius 3 is 2.55 bits per heavy atom. The summed E-state index contributed by atoms with van der Waals surface area (Å²) >= 11 is 0. The number of ether oxygens (including phenoxy) is 1. The first-order chi connectivity index (χ1) is 4.93. The summed E-state index contributed by atoms with van der Waals surface area (Å²) in [6, 6.07) is 0. The van der Waals surface area contributed by atoms with Crippen molar-refractivity contribution >= 4 is 0 Å². The third-order valence-corrected chi connectivity index (χ3v) is 2.29. The van der Waals surface area contributed by atoms with E-state index in [1.54, 1.807) is 0 Å². The van der Waals surface area contributed by atoms with Gasteiger partial charge in [0.05, 0.1) is 18.3 Å². The van der Waals surface area contributed by atoms with E-state index in [4.69, 9.17) is 10.5 Å². The second-order valence-electron chi connectivity index (χ2n) is 3.81. The minimum absolute atomic E-state index is 0.145. The molecule has 66 valence electrons. The van der Waals surface area contributed by atoms with Crippen molar-refractivity contribution < 1.29 is 9.84 Å². The monoisotopic (exact) mass is 159 g/mol. The Morgan fingerprint density at radius 1 is 1.55 bits per heavy atom. The van der Waals surface area contributed by atoms with Crippen LogP contribution in [0.4, 0.5) is 0 Å². The van der Waals surface area contributed by atoms with E-state index < -0.39 is 11.6 Å². The number of rotatable bonds is 0. The zero-order chi connectivity index (χ0) is 8.65. The van der Waals surface area contributed by atoms with Gasteiger partial charge in [-0.3, -0.25) is 0 Å². The molecular weight excluding hydrogens is 142 g/mol. The fourth-order valence-electron chi connectivity index (χ4n) is 1.77. The summed E-state index contributed by atoms with van der Waals surface area (Å²) in [4.78, 5) is 0. The van der Waals surface area contributed by atoms with E-state index in [-0.39, 0.29) is 12.2 Å². The first-order valence-corrected chi connectivity index (χ1v) is 4.06. The lowest BCUT2D eigenvalue weighted by Gasteiger charge is -2.42. The molecule has 3 N–H and O–H groups in total. The Bertz CT molecular complexity index is 147. The summed E-state index contributed by atoms with van der Waals surface area (Å²) in [7, 11) is 0. The molecule has 0 aromatic heterocycles. The molecule has 1 aliphatic rings. The van der Waals surface area contributed by atoms with Crippen LogP contribution >= 0.6 is 0 Å². The number of hydrogen-bond donors (Lipinski definition) is 2. The third kappa shape index (κ3) is 1.72.